The maximum Gasteiger partial charge on any atom is 0.324 e. The van der Waals surface area contributed by atoms with Crippen molar-refractivity contribution in [2.45, 2.75) is 69.9 Å². The van der Waals surface area contributed by atoms with E-state index in [1.54, 1.807) is 0 Å². The number of ketones is 1. The summed E-state index contributed by atoms with van der Waals surface area (Å²) in [6.45, 7) is 0.701. The van der Waals surface area contributed by atoms with Crippen LogP contribution in [0.25, 0.3) is 0 Å². The van der Waals surface area contributed by atoms with Crippen LogP contribution in [0.4, 0.5) is 0 Å². The Hall–Kier alpha value is -3.71. The summed E-state index contributed by atoms with van der Waals surface area (Å²) < 4.78 is 4.96. The lowest BCUT2D eigenvalue weighted by atomic mass is 10.1. The normalized spacial score (nSPS) is 11.2. The first-order valence-electron chi connectivity index (χ1n) is 11.5. The largest absolute Gasteiger partial charge is 0.500 e. The number of amides is 1. The number of Topliss-reactive ketones (excluding diaryl/α,β-unsaturated/α-hetero) is 1. The highest BCUT2D eigenvalue weighted by Gasteiger charge is 2.08. The van der Waals surface area contributed by atoms with Gasteiger partial charge in [-0.15, -0.1) is 24.7 Å². The second-order valence-electron chi connectivity index (χ2n) is 7.24. The Morgan fingerprint density at radius 2 is 1.51 bits per heavy atom. The van der Waals surface area contributed by atoms with Gasteiger partial charge in [-0.1, -0.05) is 0 Å². The molecule has 0 fully saturated rings. The lowest BCUT2D eigenvalue weighted by Gasteiger charge is -2.04. The van der Waals surface area contributed by atoms with E-state index < -0.39 is 24.0 Å². The molecule has 208 valence electrons. The number of nitrogens with two attached hydrogens (primary N) is 2. The molecule has 0 saturated heterocycles. The van der Waals surface area contributed by atoms with Crippen molar-refractivity contribution in [2.75, 3.05) is 19.8 Å². The molecule has 0 aromatic carbocycles. The molecule has 0 bridgehead atoms. The zero-order chi connectivity index (χ0) is 28.9. The fraction of sp³-hybridized carbons (Fsp3) is 0.560. The van der Waals surface area contributed by atoms with Crippen molar-refractivity contribution in [3.05, 3.63) is 12.3 Å². The lowest BCUT2D eigenvalue weighted by molar-refractivity contribution is -0.139. The number of aliphatic hydroxyl groups excluding tert-OH is 1. The lowest BCUT2D eigenvalue weighted by Crippen LogP contribution is -2.30. The topological polar surface area (TPSA) is 219 Å². The minimum atomic E-state index is -1.14. The number of unbranched alkanes of at least 4 members (excludes halogenated alkanes) is 2. The predicted molar refractivity (Wildman–Crippen MR) is 137 cm³/mol. The first-order valence-corrected chi connectivity index (χ1v) is 11.5. The minimum Gasteiger partial charge on any atom is -0.500 e. The van der Waals surface area contributed by atoms with Gasteiger partial charge in [-0.3, -0.25) is 19.2 Å². The Morgan fingerprint density at radius 1 is 0.946 bits per heavy atom. The van der Waals surface area contributed by atoms with Crippen LogP contribution in [0.2, 0.25) is 0 Å². The van der Waals surface area contributed by atoms with Gasteiger partial charge in [-0.2, -0.15) is 0 Å². The summed E-state index contributed by atoms with van der Waals surface area (Å²) in [7, 11) is 0. The number of carboxylic acid groups (broad SMARTS) is 2. The Bertz CT molecular complexity index is 770. The number of carboxylic acids is 2. The Balaban J connectivity index is -0.000000517. The molecule has 8 N–H and O–H groups in total. The van der Waals surface area contributed by atoms with Crippen LogP contribution >= 0.6 is 0 Å². The summed E-state index contributed by atoms with van der Waals surface area (Å²) in [6, 6.07) is -2.11. The molecule has 0 aromatic rings. The molecule has 0 aromatic heterocycles. The SMILES string of the molecule is C#CCCCC(=O)CCCO.C#CCCCC(=O)NCCO/C=C/C(N)C(=O)O.NC(CC=O)C(=O)O. The van der Waals surface area contributed by atoms with E-state index in [0.717, 1.165) is 6.42 Å². The van der Waals surface area contributed by atoms with Gasteiger partial charge >= 0.3 is 11.9 Å². The van der Waals surface area contributed by atoms with E-state index in [-0.39, 0.29) is 31.3 Å². The quantitative estimate of drug-likeness (QED) is 0.0603. The molecule has 0 rings (SSSR count). The van der Waals surface area contributed by atoms with Gasteiger partial charge in [-0.05, 0) is 25.3 Å². The molecule has 1 amide bonds. The van der Waals surface area contributed by atoms with Crippen LogP contribution in [0.5, 0.6) is 0 Å². The number of aldehydes is 1. The Morgan fingerprint density at radius 3 is 1.97 bits per heavy atom. The summed E-state index contributed by atoms with van der Waals surface area (Å²) in [6.07, 6.45) is 17.6. The molecule has 2 atom stereocenters. The van der Waals surface area contributed by atoms with Gasteiger partial charge in [0.2, 0.25) is 5.91 Å². The smallest absolute Gasteiger partial charge is 0.324 e. The van der Waals surface area contributed by atoms with Crippen LogP contribution in [0.15, 0.2) is 12.3 Å². The molecule has 0 aliphatic rings. The molecular weight excluding hydrogens is 486 g/mol. The highest BCUT2D eigenvalue weighted by atomic mass is 16.5. The predicted octanol–water partition coefficient (Wildman–Crippen LogP) is -0.0329. The number of rotatable bonds is 18. The Labute approximate surface area is 217 Å². The van der Waals surface area contributed by atoms with E-state index in [4.69, 9.17) is 44.4 Å². The summed E-state index contributed by atoms with van der Waals surface area (Å²) in [4.78, 5) is 51.8. The molecule has 0 saturated carbocycles. The summed E-state index contributed by atoms with van der Waals surface area (Å²) in [5.41, 5.74) is 10.1. The van der Waals surface area contributed by atoms with Crippen LogP contribution in [0, 0.1) is 24.7 Å². The first-order chi connectivity index (χ1) is 17.6. The van der Waals surface area contributed by atoms with Gasteiger partial charge in [0, 0.05) is 45.1 Å². The monoisotopic (exact) mass is 525 g/mol. The molecule has 0 spiro atoms. The zero-order valence-corrected chi connectivity index (χ0v) is 21.0. The number of aliphatic hydroxyl groups is 1. The van der Waals surface area contributed by atoms with E-state index in [9.17, 15) is 24.0 Å². The molecule has 0 radical (unpaired) electrons. The van der Waals surface area contributed by atoms with Crippen LogP contribution < -0.4 is 16.8 Å². The molecular formula is C25H39N3O9. The highest BCUT2D eigenvalue weighted by Crippen LogP contribution is 2.00. The third-order valence-corrected chi connectivity index (χ3v) is 3.99. The summed E-state index contributed by atoms with van der Waals surface area (Å²) in [5, 5.41) is 27.5. The molecule has 0 aliphatic heterocycles. The summed E-state index contributed by atoms with van der Waals surface area (Å²) in [5.74, 6) is 2.78. The fourth-order valence-corrected chi connectivity index (χ4v) is 1.97. The molecule has 0 aliphatic carbocycles. The number of aliphatic carboxylic acids is 2. The van der Waals surface area contributed by atoms with Crippen LogP contribution in [0.1, 0.15) is 57.8 Å². The average molecular weight is 526 g/mol. The Kier molecular flexibility index (Phi) is 29.2. The molecule has 2 unspecified atom stereocenters. The van der Waals surface area contributed by atoms with Gasteiger partial charge in [-0.25, -0.2) is 0 Å². The standard InChI is InChI=1S/C12H18N2O4.C9H14O2.C4H7NO3/c1-2-3-4-5-11(15)14-7-9-18-8-6-10(13)12(16)17;1-2-3-4-6-9(11)7-5-8-10;5-3(1-2-6)4(7)8/h1,6,8,10H,3-5,7,9,13H2,(H,14,15)(H,16,17);1,10H,3-8H2;2-3H,1,5H2,(H,7,8)/b8-6+;;. The van der Waals surface area contributed by atoms with Crippen molar-refractivity contribution in [2.24, 2.45) is 11.5 Å². The number of hydrogen-bond acceptors (Lipinski definition) is 9. The highest BCUT2D eigenvalue weighted by molar-refractivity contribution is 5.78. The molecule has 12 heteroatoms. The third kappa shape index (κ3) is 32.3. The number of hydrogen-bond donors (Lipinski definition) is 6. The van der Waals surface area contributed by atoms with Gasteiger partial charge < -0.3 is 41.6 Å². The number of nitrogens with one attached hydrogen (secondary N) is 1. The van der Waals surface area contributed by atoms with Crippen LogP contribution in [-0.4, -0.2) is 77.1 Å². The minimum absolute atomic E-state index is 0.0833. The van der Waals surface area contributed by atoms with Crippen LogP contribution in [0.3, 0.4) is 0 Å². The maximum atomic E-state index is 11.2. The van der Waals surface area contributed by atoms with Crippen LogP contribution in [-0.2, 0) is 28.7 Å². The molecule has 12 nitrogen and oxygen atoms in total. The number of carbonyl (C=O) groups excluding carboxylic acids is 3. The average Bonchev–Trinajstić information content (AvgIpc) is 2.85. The third-order valence-electron chi connectivity index (χ3n) is 3.99. The van der Waals surface area contributed by atoms with Crippen molar-refractivity contribution in [1.82, 2.24) is 5.32 Å². The van der Waals surface area contributed by atoms with E-state index in [1.165, 1.54) is 12.3 Å². The number of ether oxygens (including phenoxy) is 1. The maximum absolute atomic E-state index is 11.2. The van der Waals surface area contributed by atoms with Crippen molar-refractivity contribution in [3.8, 4) is 24.7 Å². The first kappa shape index (κ1) is 37.8. The summed E-state index contributed by atoms with van der Waals surface area (Å²) >= 11 is 0. The van der Waals surface area contributed by atoms with Gasteiger partial charge in [0.1, 0.15) is 30.8 Å². The van der Waals surface area contributed by atoms with E-state index in [1.807, 2.05) is 0 Å². The van der Waals surface area contributed by atoms with Gasteiger partial charge in [0.05, 0.1) is 12.8 Å². The van der Waals surface area contributed by atoms with E-state index in [0.29, 0.717) is 57.8 Å². The number of terminal acetylenes is 2. The molecule has 37 heavy (non-hydrogen) atoms. The second kappa shape index (κ2) is 28.5. The van der Waals surface area contributed by atoms with E-state index in [2.05, 4.69) is 17.2 Å². The van der Waals surface area contributed by atoms with Crippen molar-refractivity contribution >= 4 is 29.9 Å². The second-order valence-corrected chi connectivity index (χ2v) is 7.24. The zero-order valence-electron chi connectivity index (χ0n) is 21.0. The van der Waals surface area contributed by atoms with Crippen molar-refractivity contribution in [3.63, 3.8) is 0 Å². The van der Waals surface area contributed by atoms with Gasteiger partial charge in [0.15, 0.2) is 0 Å². The van der Waals surface area contributed by atoms with E-state index >= 15 is 0 Å². The number of carbonyl (C=O) groups is 5. The van der Waals surface area contributed by atoms with Crippen molar-refractivity contribution < 1.29 is 44.0 Å². The fourth-order valence-electron chi connectivity index (χ4n) is 1.97. The van der Waals surface area contributed by atoms with Gasteiger partial charge in [0.25, 0.3) is 0 Å². The molecule has 0 heterocycles. The van der Waals surface area contributed by atoms with Crippen molar-refractivity contribution in [1.29, 1.82) is 0 Å².